The van der Waals surface area contributed by atoms with Crippen LogP contribution in [0.25, 0.3) is 0 Å². The molecular weight excluding hydrogens is 553 g/mol. The zero-order valence-corrected chi connectivity index (χ0v) is 24.7. The first-order valence-electron chi connectivity index (χ1n) is 10.8. The maximum Gasteiger partial charge on any atom is 1.00 e. The van der Waals surface area contributed by atoms with E-state index in [1.54, 1.807) is 24.3 Å². The van der Waals surface area contributed by atoms with Crippen molar-refractivity contribution in [1.82, 2.24) is 0 Å². The third-order valence-corrected chi connectivity index (χ3v) is 7.05. The summed E-state index contributed by atoms with van der Waals surface area (Å²) < 4.78 is 69.0. The minimum Gasteiger partial charge on any atom is -0.726 e. The van der Waals surface area contributed by atoms with Crippen LogP contribution >= 0.6 is 0 Å². The van der Waals surface area contributed by atoms with Crippen LogP contribution in [-0.4, -0.2) is 73.0 Å². The maximum atomic E-state index is 12.2. The molecule has 202 valence electrons. The first-order chi connectivity index (χ1) is 17.4. The molecule has 0 N–H and O–H groups in total. The Morgan fingerprint density at radius 1 is 0.816 bits per heavy atom. The molecule has 38 heavy (non-hydrogen) atoms. The van der Waals surface area contributed by atoms with E-state index in [0.717, 1.165) is 5.69 Å². The smallest absolute Gasteiger partial charge is 0.726 e. The summed E-state index contributed by atoms with van der Waals surface area (Å²) in [6.07, 6.45) is 0.269. The standard InChI is InChI=1S/C22H27N3O10S2.Na/c1-33-21(26)11-13-25(14-12-22(27)34-2)19-7-3-17(4-8-19)23-24-18-5-9-20(10-6-18)36(28,29)16-15-35-37(30,31)32;/h3-10H,11-16H2,1-2H3,(H,30,31,32);/q;+1/p-1. The van der Waals surface area contributed by atoms with Gasteiger partial charge in [-0.1, -0.05) is 0 Å². The second-order valence-corrected chi connectivity index (χ2v) is 10.6. The number of nitrogens with zero attached hydrogens (tertiary/aromatic N) is 3. The SMILES string of the molecule is COC(=O)CCN(CCC(=O)OC)c1ccc(N=Nc2ccc(S(=O)(=O)CCOS(=O)(=O)[O-])cc2)cc1.[Na+]. The number of carbonyl (C=O) groups excluding carboxylic acids is 2. The maximum absolute atomic E-state index is 12.2. The zero-order valence-electron chi connectivity index (χ0n) is 21.1. The van der Waals surface area contributed by atoms with Gasteiger partial charge in [-0.3, -0.25) is 13.8 Å². The molecule has 0 spiro atoms. The average Bonchev–Trinajstić information content (AvgIpc) is 2.86. The summed E-state index contributed by atoms with van der Waals surface area (Å²) in [6.45, 7) is -0.119. The van der Waals surface area contributed by atoms with Crippen molar-refractivity contribution >= 4 is 49.2 Å². The monoisotopic (exact) mass is 579 g/mol. The van der Waals surface area contributed by atoms with Gasteiger partial charge in [-0.05, 0) is 48.5 Å². The van der Waals surface area contributed by atoms with E-state index >= 15 is 0 Å². The van der Waals surface area contributed by atoms with Crippen LogP contribution in [-0.2, 0) is 43.5 Å². The fourth-order valence-corrected chi connectivity index (χ4v) is 4.44. The van der Waals surface area contributed by atoms with Gasteiger partial charge in [0, 0.05) is 18.8 Å². The largest absolute Gasteiger partial charge is 1.00 e. The van der Waals surface area contributed by atoms with Crippen molar-refractivity contribution in [1.29, 1.82) is 0 Å². The summed E-state index contributed by atoms with van der Waals surface area (Å²) in [4.78, 5) is 24.8. The second-order valence-electron chi connectivity index (χ2n) is 7.40. The minimum atomic E-state index is -4.97. The molecule has 0 saturated heterocycles. The average molecular weight is 580 g/mol. The van der Waals surface area contributed by atoms with Crippen molar-refractivity contribution in [3.63, 3.8) is 0 Å². The van der Waals surface area contributed by atoms with Crippen LogP contribution in [0, 0.1) is 0 Å². The van der Waals surface area contributed by atoms with Crippen LogP contribution in [0.15, 0.2) is 63.7 Å². The molecule has 0 amide bonds. The summed E-state index contributed by atoms with van der Waals surface area (Å²) in [6, 6.07) is 12.3. The molecule has 2 aromatic carbocycles. The zero-order chi connectivity index (χ0) is 27.5. The Kier molecular flexibility index (Phi) is 14.1. The number of sulfone groups is 1. The van der Waals surface area contributed by atoms with E-state index in [4.69, 9.17) is 0 Å². The van der Waals surface area contributed by atoms with Gasteiger partial charge in [-0.15, -0.1) is 0 Å². The number of carbonyl (C=O) groups is 2. The predicted molar refractivity (Wildman–Crippen MR) is 130 cm³/mol. The van der Waals surface area contributed by atoms with Gasteiger partial charge in [-0.25, -0.2) is 16.8 Å². The summed E-state index contributed by atoms with van der Waals surface area (Å²) in [5, 5.41) is 8.17. The van der Waals surface area contributed by atoms with Crippen molar-refractivity contribution in [2.75, 3.05) is 44.6 Å². The fraction of sp³-hybridized carbons (Fsp3) is 0.364. The Morgan fingerprint density at radius 3 is 1.68 bits per heavy atom. The summed E-state index contributed by atoms with van der Waals surface area (Å²) in [5.41, 5.74) is 1.60. The van der Waals surface area contributed by atoms with Gasteiger partial charge in [0.25, 0.3) is 0 Å². The molecule has 16 heteroatoms. The molecule has 0 saturated carbocycles. The first-order valence-corrected chi connectivity index (χ1v) is 13.8. The molecule has 0 aliphatic heterocycles. The van der Waals surface area contributed by atoms with Crippen LogP contribution < -0.4 is 34.5 Å². The molecule has 0 aliphatic carbocycles. The van der Waals surface area contributed by atoms with E-state index in [0.29, 0.717) is 24.5 Å². The Morgan fingerprint density at radius 2 is 1.26 bits per heavy atom. The summed E-state index contributed by atoms with van der Waals surface area (Å²) in [7, 11) is -6.24. The molecule has 0 aromatic heterocycles. The van der Waals surface area contributed by atoms with Crippen LogP contribution in [0.4, 0.5) is 17.1 Å². The number of rotatable bonds is 14. The van der Waals surface area contributed by atoms with Crippen LogP contribution in [0.3, 0.4) is 0 Å². The molecule has 13 nitrogen and oxygen atoms in total. The molecule has 0 unspecified atom stereocenters. The molecule has 2 aromatic rings. The Bertz CT molecular complexity index is 1280. The van der Waals surface area contributed by atoms with E-state index < -0.39 is 32.6 Å². The van der Waals surface area contributed by atoms with Crippen molar-refractivity contribution < 1.29 is 74.2 Å². The number of esters is 2. The number of anilines is 1. The molecule has 2 rings (SSSR count). The van der Waals surface area contributed by atoms with Crippen LogP contribution in [0.5, 0.6) is 0 Å². The molecule has 0 heterocycles. The van der Waals surface area contributed by atoms with Gasteiger partial charge in [0.15, 0.2) is 9.84 Å². The number of benzene rings is 2. The van der Waals surface area contributed by atoms with Gasteiger partial charge in [0.2, 0.25) is 10.4 Å². The Hall–Kier alpha value is -2.40. The van der Waals surface area contributed by atoms with Crippen molar-refractivity contribution in [2.24, 2.45) is 10.2 Å². The molecule has 0 radical (unpaired) electrons. The summed E-state index contributed by atoms with van der Waals surface area (Å²) in [5.74, 6) is -1.44. The molecule has 0 aliphatic rings. The van der Waals surface area contributed by atoms with E-state index in [9.17, 15) is 31.0 Å². The second kappa shape index (κ2) is 15.9. The first kappa shape index (κ1) is 33.6. The van der Waals surface area contributed by atoms with Crippen LogP contribution in [0.1, 0.15) is 12.8 Å². The number of methoxy groups -OCH3 is 2. The van der Waals surface area contributed by atoms with Crippen molar-refractivity contribution in [3.8, 4) is 0 Å². The Labute approximate surface area is 243 Å². The topological polar surface area (TPSA) is 181 Å². The minimum absolute atomic E-state index is 0. The van der Waals surface area contributed by atoms with Crippen molar-refractivity contribution in [2.45, 2.75) is 17.7 Å². The van der Waals surface area contributed by atoms with Crippen molar-refractivity contribution in [3.05, 3.63) is 48.5 Å². The van der Waals surface area contributed by atoms with E-state index in [1.165, 1.54) is 38.5 Å². The molecule has 0 atom stereocenters. The predicted octanol–water partition coefficient (Wildman–Crippen LogP) is -0.711. The fourth-order valence-electron chi connectivity index (χ4n) is 2.96. The van der Waals surface area contributed by atoms with E-state index in [2.05, 4.69) is 23.9 Å². The number of ether oxygens (including phenoxy) is 2. The third-order valence-electron chi connectivity index (χ3n) is 4.90. The molecule has 0 fully saturated rings. The van der Waals surface area contributed by atoms with Gasteiger partial charge >= 0.3 is 41.5 Å². The summed E-state index contributed by atoms with van der Waals surface area (Å²) >= 11 is 0. The van der Waals surface area contributed by atoms with Gasteiger partial charge < -0.3 is 18.9 Å². The Balaban J connectivity index is 0.00000722. The van der Waals surface area contributed by atoms with E-state index in [-0.39, 0.29) is 59.2 Å². The third kappa shape index (κ3) is 12.0. The molecule has 0 bridgehead atoms. The molecular formula is C22H26N3NaO10S2. The normalized spacial score (nSPS) is 11.6. The number of azo groups is 1. The van der Waals surface area contributed by atoms with Gasteiger partial charge in [0.05, 0.1) is 55.7 Å². The quantitative estimate of drug-likeness (QED) is 0.0906. The van der Waals surface area contributed by atoms with Gasteiger partial charge in [-0.2, -0.15) is 10.2 Å². The van der Waals surface area contributed by atoms with Gasteiger partial charge in [0.1, 0.15) is 0 Å². The number of hydrogen-bond donors (Lipinski definition) is 0. The van der Waals surface area contributed by atoms with E-state index in [1.807, 2.05) is 4.90 Å². The number of hydrogen-bond acceptors (Lipinski definition) is 13. The van der Waals surface area contributed by atoms with Crippen LogP contribution in [0.2, 0.25) is 0 Å².